The van der Waals surface area contributed by atoms with Gasteiger partial charge in [0.25, 0.3) is 0 Å². The molecule has 2 atom stereocenters. The molecule has 1 radical (unpaired) electrons. The number of rotatable bonds is 2. The number of hydrogen-bond donors (Lipinski definition) is 3. The Labute approximate surface area is 48.6 Å². The van der Waals surface area contributed by atoms with Gasteiger partial charge in [0, 0.05) is 0 Å². The van der Waals surface area contributed by atoms with Gasteiger partial charge in [-0.1, -0.05) is 0 Å². The second-order valence-electron chi connectivity index (χ2n) is 1.83. The third-order valence-electron chi connectivity index (χ3n) is 0.885. The van der Waals surface area contributed by atoms with Gasteiger partial charge in [-0.2, -0.15) is 0 Å². The Kier molecular flexibility index (Phi) is 2.97. The molecule has 49 valence electrons. The van der Waals surface area contributed by atoms with E-state index in [-0.39, 0.29) is 6.10 Å². The highest BCUT2D eigenvalue weighted by molar-refractivity contribution is 4.82. The number of aliphatic hydroxyl groups is 3. The average Bonchev–Trinajstić information content (AvgIpc) is 1.64. The lowest BCUT2D eigenvalue weighted by atomic mass is 10.1. The topological polar surface area (TPSA) is 60.7 Å². The van der Waals surface area contributed by atoms with Crippen LogP contribution in [0.15, 0.2) is 0 Å². The molecule has 0 heterocycles. The summed E-state index contributed by atoms with van der Waals surface area (Å²) in [6, 6.07) is 0. The first-order chi connectivity index (χ1) is 3.55. The van der Waals surface area contributed by atoms with Gasteiger partial charge in [0.2, 0.25) is 0 Å². The molecule has 0 aromatic rings. The van der Waals surface area contributed by atoms with Gasteiger partial charge < -0.3 is 15.3 Å². The maximum absolute atomic E-state index is 8.67. The van der Waals surface area contributed by atoms with Crippen molar-refractivity contribution in [3.05, 3.63) is 6.10 Å². The van der Waals surface area contributed by atoms with Gasteiger partial charge in [-0.3, -0.25) is 0 Å². The molecule has 0 aliphatic carbocycles. The molecule has 0 aliphatic rings. The van der Waals surface area contributed by atoms with E-state index in [1.54, 1.807) is 0 Å². The fourth-order valence-electron chi connectivity index (χ4n) is 0.349. The zero-order valence-corrected chi connectivity index (χ0v) is 5.00. The summed E-state index contributed by atoms with van der Waals surface area (Å²) in [5.41, 5.74) is 0. The van der Waals surface area contributed by atoms with Gasteiger partial charge in [-0.25, -0.2) is 0 Å². The standard InChI is InChI=1S/C5H11O3/c1-3(6)5(8)4(2)7/h3,5-8H,1-2H3. The Hall–Kier alpha value is -0.120. The maximum Gasteiger partial charge on any atom is 0.121 e. The average molecular weight is 119 g/mol. The van der Waals surface area contributed by atoms with E-state index in [1.807, 2.05) is 0 Å². The van der Waals surface area contributed by atoms with E-state index < -0.39 is 12.2 Å². The molecule has 0 bridgehead atoms. The van der Waals surface area contributed by atoms with Crippen LogP contribution in [0.5, 0.6) is 0 Å². The summed E-state index contributed by atoms with van der Waals surface area (Å²) in [7, 11) is 0. The highest BCUT2D eigenvalue weighted by Crippen LogP contribution is 2.03. The molecule has 0 saturated carbocycles. The third kappa shape index (κ3) is 2.26. The summed E-state index contributed by atoms with van der Waals surface area (Å²) in [5.74, 6) is 0. The van der Waals surface area contributed by atoms with Crippen LogP contribution in [0.2, 0.25) is 0 Å². The van der Waals surface area contributed by atoms with Crippen LogP contribution in [0, 0.1) is 6.10 Å². The Morgan fingerprint density at radius 3 is 1.75 bits per heavy atom. The Balaban J connectivity index is 3.46. The SMILES string of the molecule is C[C](O)C(O)C(C)O. The zero-order valence-electron chi connectivity index (χ0n) is 5.00. The van der Waals surface area contributed by atoms with Crippen molar-refractivity contribution >= 4 is 0 Å². The van der Waals surface area contributed by atoms with Gasteiger partial charge in [0.15, 0.2) is 0 Å². The summed E-state index contributed by atoms with van der Waals surface area (Å²) >= 11 is 0. The van der Waals surface area contributed by atoms with Crippen molar-refractivity contribution < 1.29 is 15.3 Å². The molecule has 3 heteroatoms. The third-order valence-corrected chi connectivity index (χ3v) is 0.885. The normalized spacial score (nSPS) is 18.8. The fourth-order valence-corrected chi connectivity index (χ4v) is 0.349. The molecule has 0 saturated heterocycles. The minimum absolute atomic E-state index is 0.153. The number of hydrogen-bond acceptors (Lipinski definition) is 3. The lowest BCUT2D eigenvalue weighted by Crippen LogP contribution is -2.27. The van der Waals surface area contributed by atoms with Crippen molar-refractivity contribution in [3.63, 3.8) is 0 Å². The van der Waals surface area contributed by atoms with Crippen molar-refractivity contribution in [2.45, 2.75) is 26.1 Å². The van der Waals surface area contributed by atoms with Gasteiger partial charge >= 0.3 is 0 Å². The van der Waals surface area contributed by atoms with Crippen LogP contribution in [0.4, 0.5) is 0 Å². The summed E-state index contributed by atoms with van der Waals surface area (Å²) in [6.07, 6.45) is -2.14. The molecule has 0 spiro atoms. The predicted molar refractivity (Wildman–Crippen MR) is 28.5 cm³/mol. The lowest BCUT2D eigenvalue weighted by Gasteiger charge is -2.14. The largest absolute Gasteiger partial charge is 0.391 e. The van der Waals surface area contributed by atoms with Crippen LogP contribution in [-0.4, -0.2) is 27.5 Å². The van der Waals surface area contributed by atoms with E-state index in [4.69, 9.17) is 15.3 Å². The van der Waals surface area contributed by atoms with Gasteiger partial charge in [0.05, 0.1) is 6.10 Å². The molecule has 3 nitrogen and oxygen atoms in total. The molecular formula is C5H11O3. The van der Waals surface area contributed by atoms with Crippen molar-refractivity contribution in [2.75, 3.05) is 0 Å². The first kappa shape index (κ1) is 7.88. The fraction of sp³-hybridized carbons (Fsp3) is 0.800. The molecule has 0 aromatic heterocycles. The molecule has 0 aromatic carbocycles. The lowest BCUT2D eigenvalue weighted by molar-refractivity contribution is 0.00230. The Bertz CT molecular complexity index is 52.7. The Morgan fingerprint density at radius 1 is 1.38 bits per heavy atom. The van der Waals surface area contributed by atoms with Gasteiger partial charge in [-0.15, -0.1) is 0 Å². The molecule has 3 N–H and O–H groups in total. The second-order valence-corrected chi connectivity index (χ2v) is 1.83. The molecular weight excluding hydrogens is 108 g/mol. The first-order valence-electron chi connectivity index (χ1n) is 2.44. The van der Waals surface area contributed by atoms with E-state index in [0.29, 0.717) is 0 Å². The van der Waals surface area contributed by atoms with E-state index in [2.05, 4.69) is 0 Å². The highest BCUT2D eigenvalue weighted by Gasteiger charge is 2.16. The van der Waals surface area contributed by atoms with E-state index >= 15 is 0 Å². The molecule has 0 aliphatic heterocycles. The number of aliphatic hydroxyl groups excluding tert-OH is 3. The smallest absolute Gasteiger partial charge is 0.121 e. The van der Waals surface area contributed by atoms with Crippen molar-refractivity contribution in [1.29, 1.82) is 0 Å². The molecule has 0 rings (SSSR count). The van der Waals surface area contributed by atoms with Crippen LogP contribution in [0.25, 0.3) is 0 Å². The van der Waals surface area contributed by atoms with Crippen LogP contribution in [-0.2, 0) is 0 Å². The summed E-state index contributed by atoms with van der Waals surface area (Å²) in [5, 5.41) is 25.7. The minimum atomic E-state index is -1.10. The van der Waals surface area contributed by atoms with E-state index in [1.165, 1.54) is 13.8 Å². The van der Waals surface area contributed by atoms with Crippen LogP contribution in [0.3, 0.4) is 0 Å². The molecule has 0 fully saturated rings. The maximum atomic E-state index is 8.67. The quantitative estimate of drug-likeness (QED) is 0.465. The summed E-state index contributed by atoms with van der Waals surface area (Å²) in [4.78, 5) is 0. The van der Waals surface area contributed by atoms with Crippen LogP contribution >= 0.6 is 0 Å². The zero-order chi connectivity index (χ0) is 6.73. The van der Waals surface area contributed by atoms with Gasteiger partial charge in [-0.05, 0) is 13.8 Å². The van der Waals surface area contributed by atoms with Crippen molar-refractivity contribution in [2.24, 2.45) is 0 Å². The van der Waals surface area contributed by atoms with Crippen LogP contribution < -0.4 is 0 Å². The van der Waals surface area contributed by atoms with Crippen LogP contribution in [0.1, 0.15) is 13.8 Å². The van der Waals surface area contributed by atoms with Crippen molar-refractivity contribution in [1.82, 2.24) is 0 Å². The van der Waals surface area contributed by atoms with Crippen molar-refractivity contribution in [3.8, 4) is 0 Å². The molecule has 8 heavy (non-hydrogen) atoms. The summed E-state index contributed by atoms with van der Waals surface area (Å²) in [6.45, 7) is 2.75. The second kappa shape index (κ2) is 3.02. The predicted octanol–water partition coefficient (Wildman–Crippen LogP) is -0.348. The molecule has 0 amide bonds. The first-order valence-corrected chi connectivity index (χ1v) is 2.44. The highest BCUT2D eigenvalue weighted by atomic mass is 16.4. The Morgan fingerprint density at radius 2 is 1.75 bits per heavy atom. The van der Waals surface area contributed by atoms with Gasteiger partial charge in [0.1, 0.15) is 12.2 Å². The molecule has 2 unspecified atom stereocenters. The minimum Gasteiger partial charge on any atom is -0.391 e. The van der Waals surface area contributed by atoms with E-state index in [0.717, 1.165) is 0 Å². The summed E-state index contributed by atoms with van der Waals surface area (Å²) < 4.78 is 0. The monoisotopic (exact) mass is 119 g/mol. The van der Waals surface area contributed by atoms with E-state index in [9.17, 15) is 0 Å².